The van der Waals surface area contributed by atoms with Crippen LogP contribution in [-0.4, -0.2) is 24.6 Å². The van der Waals surface area contributed by atoms with Crippen molar-refractivity contribution >= 4 is 16.7 Å². The number of hydrogen-bond donors (Lipinski definition) is 0. The fourth-order valence-electron chi connectivity index (χ4n) is 1.97. The Kier molecular flexibility index (Phi) is 1.74. The minimum absolute atomic E-state index is 0.405. The van der Waals surface area contributed by atoms with Crippen LogP contribution in [-0.2, 0) is 0 Å². The Balaban J connectivity index is 2.08. The van der Waals surface area contributed by atoms with Gasteiger partial charge in [-0.3, -0.25) is 4.40 Å². The quantitative estimate of drug-likeness (QED) is 0.506. The molecule has 0 saturated carbocycles. The van der Waals surface area contributed by atoms with E-state index in [-0.39, 0.29) is 0 Å². The van der Waals surface area contributed by atoms with Gasteiger partial charge in [0.2, 0.25) is 6.39 Å². The van der Waals surface area contributed by atoms with E-state index in [9.17, 15) is 0 Å². The van der Waals surface area contributed by atoms with Crippen molar-refractivity contribution in [3.8, 4) is 11.6 Å². The van der Waals surface area contributed by atoms with Gasteiger partial charge in [0.05, 0.1) is 0 Å². The van der Waals surface area contributed by atoms with Crippen LogP contribution in [0.5, 0.6) is 0 Å². The van der Waals surface area contributed by atoms with Gasteiger partial charge in [-0.2, -0.15) is 0 Å². The predicted octanol–water partition coefficient (Wildman–Crippen LogP) is 1.93. The molecule has 0 fully saturated rings. The van der Waals surface area contributed by atoms with Crippen LogP contribution in [0.15, 0.2) is 47.5 Å². The summed E-state index contributed by atoms with van der Waals surface area (Å²) in [7, 11) is 0. The topological polar surface area (TPSA) is 69.1 Å². The van der Waals surface area contributed by atoms with Gasteiger partial charge in [-0.1, -0.05) is 0 Å². The second-order valence-electron chi connectivity index (χ2n) is 3.85. The van der Waals surface area contributed by atoms with Gasteiger partial charge in [-0.15, -0.1) is 10.2 Å². The molecule has 0 spiro atoms. The van der Waals surface area contributed by atoms with Crippen LogP contribution in [0, 0.1) is 0 Å². The fourth-order valence-corrected chi connectivity index (χ4v) is 1.97. The summed E-state index contributed by atoms with van der Waals surface area (Å²) in [6.07, 6.45) is 4.89. The SMILES string of the molecule is c1cnc2c(c1)ccc1nc(-c3nnco3)cn12. The Bertz CT molecular complexity index is 834. The minimum atomic E-state index is 0.405. The van der Waals surface area contributed by atoms with Crippen LogP contribution in [0.3, 0.4) is 0 Å². The molecule has 0 aliphatic rings. The molecular formula is C12H7N5O. The highest BCUT2D eigenvalue weighted by atomic mass is 16.4. The molecule has 0 unspecified atom stereocenters. The van der Waals surface area contributed by atoms with E-state index in [1.54, 1.807) is 6.20 Å². The second kappa shape index (κ2) is 3.36. The lowest BCUT2D eigenvalue weighted by Crippen LogP contribution is -1.88. The molecule has 6 heteroatoms. The van der Waals surface area contributed by atoms with Gasteiger partial charge in [0.25, 0.3) is 5.89 Å². The molecule has 4 heterocycles. The highest BCUT2D eigenvalue weighted by molar-refractivity contribution is 5.79. The third-order valence-corrected chi connectivity index (χ3v) is 2.77. The van der Waals surface area contributed by atoms with E-state index in [4.69, 9.17) is 4.42 Å². The third-order valence-electron chi connectivity index (χ3n) is 2.77. The number of imidazole rings is 1. The maximum Gasteiger partial charge on any atom is 0.267 e. The first-order valence-electron chi connectivity index (χ1n) is 5.41. The van der Waals surface area contributed by atoms with Crippen molar-refractivity contribution in [1.29, 1.82) is 0 Å². The Morgan fingerprint density at radius 3 is 3.06 bits per heavy atom. The molecule has 0 bridgehead atoms. The summed E-state index contributed by atoms with van der Waals surface area (Å²) in [5, 5.41) is 8.55. The number of hydrogen-bond acceptors (Lipinski definition) is 5. The highest BCUT2D eigenvalue weighted by Crippen LogP contribution is 2.20. The zero-order valence-corrected chi connectivity index (χ0v) is 9.19. The largest absolute Gasteiger partial charge is 0.422 e. The average Bonchev–Trinajstić information content (AvgIpc) is 3.07. The molecule has 4 rings (SSSR count). The summed E-state index contributed by atoms with van der Waals surface area (Å²) in [6, 6.07) is 7.84. The zero-order valence-electron chi connectivity index (χ0n) is 9.19. The first-order valence-corrected chi connectivity index (χ1v) is 5.41. The molecule has 0 aromatic carbocycles. The van der Waals surface area contributed by atoms with Gasteiger partial charge in [-0.05, 0) is 24.3 Å². The van der Waals surface area contributed by atoms with Crippen LogP contribution in [0.1, 0.15) is 0 Å². The predicted molar refractivity (Wildman–Crippen MR) is 63.8 cm³/mol. The van der Waals surface area contributed by atoms with Crippen LogP contribution in [0.4, 0.5) is 0 Å². The third kappa shape index (κ3) is 1.22. The standard InChI is InChI=1S/C12H7N5O/c1-2-8-3-4-10-15-9(12-16-14-7-18-12)6-17(10)11(8)13-5-1/h1-7H. The summed E-state index contributed by atoms with van der Waals surface area (Å²) >= 11 is 0. The average molecular weight is 237 g/mol. The highest BCUT2D eigenvalue weighted by Gasteiger charge is 2.10. The van der Waals surface area contributed by atoms with Crippen molar-refractivity contribution in [2.24, 2.45) is 0 Å². The first kappa shape index (κ1) is 9.29. The molecule has 0 amide bonds. The van der Waals surface area contributed by atoms with E-state index in [0.717, 1.165) is 16.7 Å². The van der Waals surface area contributed by atoms with Gasteiger partial charge in [-0.25, -0.2) is 9.97 Å². The van der Waals surface area contributed by atoms with Gasteiger partial charge in [0, 0.05) is 17.8 Å². The Morgan fingerprint density at radius 1 is 1.17 bits per heavy atom. The number of aromatic nitrogens is 5. The van der Waals surface area contributed by atoms with E-state index >= 15 is 0 Å². The lowest BCUT2D eigenvalue weighted by molar-refractivity contribution is 0.567. The number of nitrogens with zero attached hydrogens (tertiary/aromatic N) is 5. The molecule has 18 heavy (non-hydrogen) atoms. The van der Waals surface area contributed by atoms with Crippen molar-refractivity contribution in [1.82, 2.24) is 24.6 Å². The molecule has 0 aliphatic heterocycles. The molecule has 4 aromatic heterocycles. The molecule has 0 radical (unpaired) electrons. The monoisotopic (exact) mass is 237 g/mol. The van der Waals surface area contributed by atoms with Crippen LogP contribution in [0.25, 0.3) is 28.3 Å². The molecular weight excluding hydrogens is 230 g/mol. The van der Waals surface area contributed by atoms with Crippen molar-refractivity contribution in [3.63, 3.8) is 0 Å². The molecule has 0 atom stereocenters. The molecule has 0 saturated heterocycles. The van der Waals surface area contributed by atoms with E-state index in [2.05, 4.69) is 20.2 Å². The minimum Gasteiger partial charge on any atom is -0.422 e. The van der Waals surface area contributed by atoms with E-state index in [1.165, 1.54) is 6.39 Å². The summed E-state index contributed by atoms with van der Waals surface area (Å²) in [4.78, 5) is 8.79. The van der Waals surface area contributed by atoms with E-state index in [1.807, 2.05) is 34.9 Å². The summed E-state index contributed by atoms with van der Waals surface area (Å²) in [6.45, 7) is 0. The lowest BCUT2D eigenvalue weighted by Gasteiger charge is -1.98. The Morgan fingerprint density at radius 2 is 2.17 bits per heavy atom. The van der Waals surface area contributed by atoms with Crippen LogP contribution < -0.4 is 0 Å². The molecule has 4 aromatic rings. The molecule has 86 valence electrons. The van der Waals surface area contributed by atoms with E-state index in [0.29, 0.717) is 11.6 Å². The van der Waals surface area contributed by atoms with Gasteiger partial charge >= 0.3 is 0 Å². The molecule has 0 N–H and O–H groups in total. The number of rotatable bonds is 1. The number of fused-ring (bicyclic) bond motifs is 3. The van der Waals surface area contributed by atoms with Crippen LogP contribution in [0.2, 0.25) is 0 Å². The maximum atomic E-state index is 5.14. The fraction of sp³-hybridized carbons (Fsp3) is 0. The normalized spacial score (nSPS) is 11.3. The Labute approximate surface area is 101 Å². The van der Waals surface area contributed by atoms with Crippen molar-refractivity contribution in [2.45, 2.75) is 0 Å². The lowest BCUT2D eigenvalue weighted by atomic mass is 10.3. The van der Waals surface area contributed by atoms with Crippen molar-refractivity contribution < 1.29 is 4.42 Å². The first-order chi connectivity index (χ1) is 8.92. The summed E-state index contributed by atoms with van der Waals surface area (Å²) in [5.41, 5.74) is 2.30. The second-order valence-corrected chi connectivity index (χ2v) is 3.85. The van der Waals surface area contributed by atoms with Gasteiger partial charge in [0.15, 0.2) is 0 Å². The zero-order chi connectivity index (χ0) is 11.9. The Hall–Kier alpha value is -2.76. The maximum absolute atomic E-state index is 5.14. The van der Waals surface area contributed by atoms with E-state index < -0.39 is 0 Å². The molecule has 0 aliphatic carbocycles. The number of pyridine rings is 2. The van der Waals surface area contributed by atoms with Crippen molar-refractivity contribution in [2.75, 3.05) is 0 Å². The van der Waals surface area contributed by atoms with Crippen LogP contribution >= 0.6 is 0 Å². The van der Waals surface area contributed by atoms with Gasteiger partial charge in [0.1, 0.15) is 17.0 Å². The smallest absolute Gasteiger partial charge is 0.267 e. The van der Waals surface area contributed by atoms with Gasteiger partial charge < -0.3 is 4.42 Å². The molecule has 6 nitrogen and oxygen atoms in total. The summed E-state index contributed by atoms with van der Waals surface area (Å²) in [5.74, 6) is 0.405. The summed E-state index contributed by atoms with van der Waals surface area (Å²) < 4.78 is 7.05. The van der Waals surface area contributed by atoms with Crippen molar-refractivity contribution in [3.05, 3.63) is 43.1 Å².